The summed E-state index contributed by atoms with van der Waals surface area (Å²) >= 11 is 3.62. The van der Waals surface area contributed by atoms with Crippen LogP contribution in [-0.4, -0.2) is 18.7 Å². The van der Waals surface area contributed by atoms with Gasteiger partial charge in [0.1, 0.15) is 6.61 Å². The summed E-state index contributed by atoms with van der Waals surface area (Å²) in [5, 5.41) is 8.24. The average Bonchev–Trinajstić information content (AvgIpc) is 3.16. The Labute approximate surface area is 212 Å². The average molecular weight is 527 g/mol. The smallest absolute Gasteiger partial charge is 0.280 e. The molecule has 0 fully saturated rings. The number of fused-ring (bicyclic) bond motifs is 1. The van der Waals surface area contributed by atoms with E-state index in [2.05, 4.69) is 51.4 Å². The summed E-state index contributed by atoms with van der Waals surface area (Å²) in [5.41, 5.74) is 3.79. The number of para-hydroxylation sites is 1. The number of benzene rings is 4. The van der Waals surface area contributed by atoms with Crippen LogP contribution in [0, 0.1) is 0 Å². The van der Waals surface area contributed by atoms with Crippen molar-refractivity contribution in [3.63, 3.8) is 0 Å². The largest absolute Gasteiger partial charge is 0.493 e. The lowest BCUT2D eigenvalue weighted by atomic mass is 10.1. The molecule has 0 radical (unpaired) electrons. The number of amides is 1. The molecule has 0 bridgehead atoms. The standard InChI is InChI=1S/C29H23BrN2O3/c1-19-25(29(33)32(31-19)24-10-4-3-5-11-24)15-21-16-26(30)28(27(17-21)34-2)35-18-20-12-13-22-8-6-7-9-23(22)14-20/h3-17H,18H2,1-2H3/b25-15+. The minimum absolute atomic E-state index is 0.166. The van der Waals surface area contributed by atoms with E-state index in [0.717, 1.165) is 21.3 Å². The van der Waals surface area contributed by atoms with E-state index in [0.29, 0.717) is 29.4 Å². The first-order valence-corrected chi connectivity index (χ1v) is 12.0. The predicted octanol–water partition coefficient (Wildman–Crippen LogP) is 7.00. The van der Waals surface area contributed by atoms with E-state index >= 15 is 0 Å². The summed E-state index contributed by atoms with van der Waals surface area (Å²) in [7, 11) is 1.60. The molecule has 0 aromatic heterocycles. The minimum atomic E-state index is -0.166. The van der Waals surface area contributed by atoms with Crippen molar-refractivity contribution in [2.75, 3.05) is 12.1 Å². The molecule has 1 amide bonds. The van der Waals surface area contributed by atoms with Gasteiger partial charge in [-0.3, -0.25) is 4.79 Å². The zero-order valence-electron chi connectivity index (χ0n) is 19.4. The maximum atomic E-state index is 13.1. The SMILES string of the molecule is COc1cc(/C=C2/C(=O)N(c3ccccc3)N=C2C)cc(Br)c1OCc1ccc2ccccc2c1. The van der Waals surface area contributed by atoms with Crippen LogP contribution in [0.15, 0.2) is 100 Å². The number of carbonyl (C=O) groups excluding carboxylic acids is 1. The van der Waals surface area contributed by atoms with Crippen LogP contribution in [0.25, 0.3) is 16.8 Å². The molecule has 1 aliphatic heterocycles. The van der Waals surface area contributed by atoms with Crippen molar-refractivity contribution in [1.29, 1.82) is 0 Å². The fourth-order valence-corrected chi connectivity index (χ4v) is 4.62. The van der Waals surface area contributed by atoms with Crippen LogP contribution in [0.2, 0.25) is 0 Å². The van der Waals surface area contributed by atoms with E-state index in [1.54, 1.807) is 7.11 Å². The Morgan fingerprint density at radius 3 is 2.46 bits per heavy atom. The molecule has 35 heavy (non-hydrogen) atoms. The molecule has 1 heterocycles. The van der Waals surface area contributed by atoms with Crippen LogP contribution in [0.5, 0.6) is 11.5 Å². The highest BCUT2D eigenvalue weighted by Crippen LogP contribution is 2.38. The van der Waals surface area contributed by atoms with Crippen LogP contribution < -0.4 is 14.5 Å². The van der Waals surface area contributed by atoms with Crippen LogP contribution >= 0.6 is 15.9 Å². The van der Waals surface area contributed by atoms with Crippen molar-refractivity contribution < 1.29 is 14.3 Å². The van der Waals surface area contributed by atoms with Gasteiger partial charge < -0.3 is 9.47 Å². The number of hydrogen-bond donors (Lipinski definition) is 0. The number of nitrogens with zero attached hydrogens (tertiary/aromatic N) is 2. The zero-order valence-corrected chi connectivity index (χ0v) is 21.0. The molecule has 0 saturated carbocycles. The van der Waals surface area contributed by atoms with Crippen molar-refractivity contribution in [3.8, 4) is 11.5 Å². The van der Waals surface area contributed by atoms with Gasteiger partial charge in [0.2, 0.25) is 0 Å². The fraction of sp³-hybridized carbons (Fsp3) is 0.103. The molecule has 0 spiro atoms. The van der Waals surface area contributed by atoms with Gasteiger partial charge in [0.15, 0.2) is 11.5 Å². The van der Waals surface area contributed by atoms with Crippen molar-refractivity contribution in [3.05, 3.63) is 106 Å². The highest BCUT2D eigenvalue weighted by Gasteiger charge is 2.28. The summed E-state index contributed by atoms with van der Waals surface area (Å²) in [4.78, 5) is 13.1. The molecule has 0 aliphatic carbocycles. The van der Waals surface area contributed by atoms with E-state index in [1.807, 2.05) is 67.6 Å². The number of carbonyl (C=O) groups is 1. The number of hydrazone groups is 1. The Morgan fingerprint density at radius 2 is 1.69 bits per heavy atom. The Hall–Kier alpha value is -3.90. The predicted molar refractivity (Wildman–Crippen MR) is 144 cm³/mol. The highest BCUT2D eigenvalue weighted by atomic mass is 79.9. The molecule has 0 unspecified atom stereocenters. The molecule has 174 valence electrons. The number of ether oxygens (including phenoxy) is 2. The van der Waals surface area contributed by atoms with Gasteiger partial charge in [0.05, 0.1) is 28.6 Å². The van der Waals surface area contributed by atoms with Crippen LogP contribution in [0.4, 0.5) is 5.69 Å². The molecule has 6 heteroatoms. The normalized spacial score (nSPS) is 14.5. The van der Waals surface area contributed by atoms with Crippen molar-refractivity contribution in [2.45, 2.75) is 13.5 Å². The van der Waals surface area contributed by atoms with Gasteiger partial charge in [0, 0.05) is 0 Å². The number of methoxy groups -OCH3 is 1. The molecule has 0 saturated heterocycles. The number of anilines is 1. The van der Waals surface area contributed by atoms with Gasteiger partial charge >= 0.3 is 0 Å². The molecule has 5 rings (SSSR count). The quantitative estimate of drug-likeness (QED) is 0.254. The van der Waals surface area contributed by atoms with Gasteiger partial charge in [-0.2, -0.15) is 10.1 Å². The first-order valence-electron chi connectivity index (χ1n) is 11.2. The minimum Gasteiger partial charge on any atom is -0.493 e. The second-order valence-electron chi connectivity index (χ2n) is 8.20. The maximum absolute atomic E-state index is 13.1. The highest BCUT2D eigenvalue weighted by molar-refractivity contribution is 9.10. The zero-order chi connectivity index (χ0) is 24.4. The molecular weight excluding hydrogens is 504 g/mol. The summed E-state index contributed by atoms with van der Waals surface area (Å²) in [6, 6.07) is 27.7. The van der Waals surface area contributed by atoms with E-state index in [-0.39, 0.29) is 5.91 Å². The Kier molecular flexibility index (Phi) is 6.38. The van der Waals surface area contributed by atoms with E-state index < -0.39 is 0 Å². The summed E-state index contributed by atoms with van der Waals surface area (Å²) in [6.07, 6.45) is 1.82. The third-order valence-corrected chi connectivity index (χ3v) is 6.41. The second-order valence-corrected chi connectivity index (χ2v) is 9.05. The lowest BCUT2D eigenvalue weighted by Gasteiger charge is -2.14. The Bertz CT molecular complexity index is 1480. The van der Waals surface area contributed by atoms with Crippen molar-refractivity contribution in [2.24, 2.45) is 5.10 Å². The monoisotopic (exact) mass is 526 g/mol. The summed E-state index contributed by atoms with van der Waals surface area (Å²) in [5.74, 6) is 1.02. The first kappa shape index (κ1) is 22.9. The van der Waals surface area contributed by atoms with E-state index in [9.17, 15) is 4.79 Å². The number of halogens is 1. The molecule has 1 aliphatic rings. The maximum Gasteiger partial charge on any atom is 0.280 e. The summed E-state index contributed by atoms with van der Waals surface area (Å²) < 4.78 is 12.5. The number of rotatable bonds is 6. The topological polar surface area (TPSA) is 51.1 Å². The second kappa shape index (κ2) is 9.76. The first-order chi connectivity index (χ1) is 17.0. The van der Waals surface area contributed by atoms with E-state index in [1.165, 1.54) is 15.8 Å². The molecule has 0 N–H and O–H groups in total. The van der Waals surface area contributed by atoms with Gasteiger partial charge in [-0.05, 0) is 81.2 Å². The molecule has 4 aromatic rings. The van der Waals surface area contributed by atoms with Crippen LogP contribution in [0.3, 0.4) is 0 Å². The van der Waals surface area contributed by atoms with E-state index in [4.69, 9.17) is 9.47 Å². The number of hydrogen-bond acceptors (Lipinski definition) is 4. The third-order valence-electron chi connectivity index (χ3n) is 5.82. The Morgan fingerprint density at radius 1 is 0.943 bits per heavy atom. The molecule has 4 aromatic carbocycles. The van der Waals surface area contributed by atoms with Gasteiger partial charge in [-0.15, -0.1) is 0 Å². The Balaban J connectivity index is 1.39. The molecule has 0 atom stereocenters. The van der Waals surface area contributed by atoms with Gasteiger partial charge in [-0.1, -0.05) is 54.6 Å². The van der Waals surface area contributed by atoms with Crippen molar-refractivity contribution in [1.82, 2.24) is 0 Å². The van der Waals surface area contributed by atoms with Gasteiger partial charge in [-0.25, -0.2) is 0 Å². The van der Waals surface area contributed by atoms with Gasteiger partial charge in [0.25, 0.3) is 5.91 Å². The lowest BCUT2D eigenvalue weighted by Crippen LogP contribution is -2.21. The molecular formula is C29H23BrN2O3. The third kappa shape index (κ3) is 4.70. The van der Waals surface area contributed by atoms with Crippen LogP contribution in [0.1, 0.15) is 18.1 Å². The fourth-order valence-electron chi connectivity index (χ4n) is 4.04. The summed E-state index contributed by atoms with van der Waals surface area (Å²) in [6.45, 7) is 2.23. The molecule has 5 nitrogen and oxygen atoms in total. The lowest BCUT2D eigenvalue weighted by molar-refractivity contribution is -0.114. The van der Waals surface area contributed by atoms with Crippen molar-refractivity contribution >= 4 is 50.1 Å². The van der Waals surface area contributed by atoms with Crippen LogP contribution in [-0.2, 0) is 11.4 Å².